The molecule has 0 saturated carbocycles. The fourth-order valence-electron chi connectivity index (χ4n) is 1.28. The lowest BCUT2D eigenvalue weighted by Crippen LogP contribution is -2.51. The van der Waals surface area contributed by atoms with E-state index in [1.54, 1.807) is 0 Å². The second kappa shape index (κ2) is 4.53. The largest absolute Gasteiger partial charge is 0.460 e. The van der Waals surface area contributed by atoms with Gasteiger partial charge in [0.1, 0.15) is 0 Å². The average molecular weight is 294 g/mol. The highest BCUT2D eigenvalue weighted by Crippen LogP contribution is 2.51. The van der Waals surface area contributed by atoms with Crippen LogP contribution < -0.4 is 5.73 Å². The van der Waals surface area contributed by atoms with Crippen LogP contribution in [0.2, 0.25) is 0 Å². The Morgan fingerprint density at radius 3 is 2.05 bits per heavy atom. The zero-order valence-electron chi connectivity index (χ0n) is 9.48. The van der Waals surface area contributed by atoms with Crippen LogP contribution in [-0.2, 0) is 12.5 Å². The summed E-state index contributed by atoms with van der Waals surface area (Å²) in [6.07, 6.45) is -6.25. The zero-order valence-corrected chi connectivity index (χ0v) is 9.48. The lowest BCUT2D eigenvalue weighted by Gasteiger charge is -2.27. The van der Waals surface area contributed by atoms with Crippen molar-refractivity contribution in [2.45, 2.75) is 37.9 Å². The summed E-state index contributed by atoms with van der Waals surface area (Å²) in [5.41, 5.74) is 4.96. The van der Waals surface area contributed by atoms with Crippen molar-refractivity contribution in [3.63, 3.8) is 0 Å². The number of nitrogen functional groups attached to an aromatic ring is 1. The van der Waals surface area contributed by atoms with Crippen molar-refractivity contribution in [3.05, 3.63) is 5.82 Å². The number of halogens is 7. The fourth-order valence-corrected chi connectivity index (χ4v) is 1.28. The van der Waals surface area contributed by atoms with Gasteiger partial charge in [0.05, 0.1) is 0 Å². The van der Waals surface area contributed by atoms with E-state index in [0.717, 1.165) is 0 Å². The molecular weight excluding hydrogens is 285 g/mol. The van der Waals surface area contributed by atoms with Crippen LogP contribution in [0.15, 0.2) is 0 Å². The van der Waals surface area contributed by atoms with Crippen molar-refractivity contribution < 1.29 is 30.7 Å². The van der Waals surface area contributed by atoms with Crippen molar-refractivity contribution in [2.24, 2.45) is 0 Å². The molecule has 0 aliphatic rings. The Labute approximate surface area is 102 Å². The minimum atomic E-state index is -6.42. The van der Waals surface area contributed by atoms with Gasteiger partial charge < -0.3 is 5.73 Å². The van der Waals surface area contributed by atoms with Crippen molar-refractivity contribution >= 4 is 5.95 Å². The first kappa shape index (κ1) is 15.5. The van der Waals surface area contributed by atoms with Crippen LogP contribution in [-0.4, -0.2) is 26.9 Å². The number of hydrogen-bond acceptors (Lipinski definition) is 3. The molecule has 4 nitrogen and oxygen atoms in total. The third-order valence-electron chi connectivity index (χ3n) is 2.15. The van der Waals surface area contributed by atoms with E-state index in [1.165, 1.54) is 6.92 Å². The summed E-state index contributed by atoms with van der Waals surface area (Å²) >= 11 is 0. The van der Waals surface area contributed by atoms with Gasteiger partial charge in [0.15, 0.2) is 0 Å². The van der Waals surface area contributed by atoms with Gasteiger partial charge in [0, 0.05) is 6.54 Å². The maximum atomic E-state index is 13.4. The molecule has 0 spiro atoms. The van der Waals surface area contributed by atoms with Crippen molar-refractivity contribution in [3.8, 4) is 0 Å². The molecule has 0 atom stereocenters. The molecule has 0 aliphatic carbocycles. The van der Waals surface area contributed by atoms with Crippen LogP contribution >= 0.6 is 0 Å². The summed E-state index contributed by atoms with van der Waals surface area (Å²) in [5, 5.41) is 3.16. The summed E-state index contributed by atoms with van der Waals surface area (Å²) in [6, 6.07) is 0. The molecular formula is C8H9F7N4. The maximum absolute atomic E-state index is 13.4. The summed E-state index contributed by atoms with van der Waals surface area (Å²) in [4.78, 5) is 2.78. The molecule has 0 fully saturated rings. The smallest absolute Gasteiger partial charge is 0.366 e. The summed E-state index contributed by atoms with van der Waals surface area (Å²) in [6.45, 7) is 1.17. The van der Waals surface area contributed by atoms with Crippen molar-refractivity contribution in [1.82, 2.24) is 14.8 Å². The fraction of sp³-hybridized carbons (Fsp3) is 0.750. The first-order valence-electron chi connectivity index (χ1n) is 4.98. The van der Waals surface area contributed by atoms with Gasteiger partial charge in [-0.2, -0.15) is 35.7 Å². The highest BCUT2D eigenvalue weighted by molar-refractivity contribution is 5.18. The van der Waals surface area contributed by atoms with Crippen LogP contribution in [0.4, 0.5) is 36.7 Å². The van der Waals surface area contributed by atoms with Gasteiger partial charge in [0.25, 0.3) is 0 Å². The van der Waals surface area contributed by atoms with Gasteiger partial charge in [-0.05, 0) is 6.42 Å². The first-order chi connectivity index (χ1) is 8.45. The number of hydrogen-bond donors (Lipinski definition) is 1. The molecule has 0 aliphatic heterocycles. The molecule has 1 aromatic heterocycles. The third kappa shape index (κ3) is 2.45. The van der Waals surface area contributed by atoms with E-state index < -0.39 is 29.8 Å². The number of rotatable bonds is 4. The summed E-state index contributed by atoms with van der Waals surface area (Å²) < 4.78 is 88.7. The SMILES string of the molecule is CCCn1nc(N)nc1C(F)(F)C(F)(F)C(F)(F)F. The van der Waals surface area contributed by atoms with Gasteiger partial charge in [-0.25, -0.2) is 4.68 Å². The number of aryl methyl sites for hydroxylation is 1. The van der Waals surface area contributed by atoms with E-state index in [2.05, 4.69) is 10.1 Å². The molecule has 0 radical (unpaired) electrons. The Hall–Kier alpha value is -1.55. The highest BCUT2D eigenvalue weighted by atomic mass is 19.4. The molecule has 0 amide bonds. The van der Waals surface area contributed by atoms with Crippen LogP contribution in [0.25, 0.3) is 0 Å². The Morgan fingerprint density at radius 1 is 1.11 bits per heavy atom. The number of nitrogens with zero attached hydrogens (tertiary/aromatic N) is 3. The molecule has 0 saturated heterocycles. The van der Waals surface area contributed by atoms with Crippen molar-refractivity contribution in [1.29, 1.82) is 0 Å². The van der Waals surface area contributed by atoms with Crippen LogP contribution in [0.3, 0.4) is 0 Å². The van der Waals surface area contributed by atoms with E-state index in [0.29, 0.717) is 0 Å². The molecule has 110 valence electrons. The molecule has 1 rings (SSSR count). The van der Waals surface area contributed by atoms with E-state index in [1.807, 2.05) is 0 Å². The van der Waals surface area contributed by atoms with Crippen LogP contribution in [0, 0.1) is 0 Å². The molecule has 0 aromatic carbocycles. The van der Waals surface area contributed by atoms with Crippen LogP contribution in [0.5, 0.6) is 0 Å². The third-order valence-corrected chi connectivity index (χ3v) is 2.15. The Bertz CT molecular complexity index is 450. The van der Waals surface area contributed by atoms with Gasteiger partial charge in [-0.1, -0.05) is 6.92 Å². The predicted octanol–water partition coefficient (Wildman–Crippen LogP) is 2.56. The number of aromatic nitrogens is 3. The van der Waals surface area contributed by atoms with Gasteiger partial charge in [0.2, 0.25) is 11.8 Å². The molecule has 1 heterocycles. The van der Waals surface area contributed by atoms with E-state index >= 15 is 0 Å². The van der Waals surface area contributed by atoms with Gasteiger partial charge in [-0.15, -0.1) is 5.10 Å². The van der Waals surface area contributed by atoms with E-state index in [9.17, 15) is 30.7 Å². The topological polar surface area (TPSA) is 56.7 Å². The van der Waals surface area contributed by atoms with E-state index in [-0.39, 0.29) is 17.6 Å². The molecule has 2 N–H and O–H groups in total. The molecule has 19 heavy (non-hydrogen) atoms. The maximum Gasteiger partial charge on any atom is 0.460 e. The standard InChI is InChI=1S/C8H9F7N4/c1-2-3-19-4(17-5(16)18-19)6(9,10)7(11,12)8(13,14)15/h2-3H2,1H3,(H2,16,18). The summed E-state index contributed by atoms with van der Waals surface area (Å²) in [7, 11) is 0. The van der Waals surface area contributed by atoms with Crippen molar-refractivity contribution in [2.75, 3.05) is 5.73 Å². The quantitative estimate of drug-likeness (QED) is 0.868. The number of alkyl halides is 7. The predicted molar refractivity (Wildman–Crippen MR) is 49.6 cm³/mol. The second-order valence-corrected chi connectivity index (χ2v) is 3.66. The lowest BCUT2D eigenvalue weighted by atomic mass is 10.1. The number of nitrogens with two attached hydrogens (primary N) is 1. The molecule has 0 bridgehead atoms. The second-order valence-electron chi connectivity index (χ2n) is 3.66. The minimum absolute atomic E-state index is 0.170. The van der Waals surface area contributed by atoms with Gasteiger partial charge >= 0.3 is 18.0 Å². The monoisotopic (exact) mass is 294 g/mol. The Balaban J connectivity index is 3.34. The molecule has 0 unspecified atom stereocenters. The first-order valence-corrected chi connectivity index (χ1v) is 4.98. The molecule has 11 heteroatoms. The number of anilines is 1. The Kier molecular flexibility index (Phi) is 3.70. The highest BCUT2D eigenvalue weighted by Gasteiger charge is 2.75. The minimum Gasteiger partial charge on any atom is -0.366 e. The molecule has 1 aromatic rings. The average Bonchev–Trinajstić information content (AvgIpc) is 2.58. The normalized spacial score (nSPS) is 13.9. The van der Waals surface area contributed by atoms with Gasteiger partial charge in [-0.3, -0.25) is 0 Å². The zero-order chi connectivity index (χ0) is 15.1. The van der Waals surface area contributed by atoms with E-state index in [4.69, 9.17) is 5.73 Å². The lowest BCUT2D eigenvalue weighted by molar-refractivity contribution is -0.362. The van der Waals surface area contributed by atoms with Crippen LogP contribution in [0.1, 0.15) is 19.2 Å². The summed E-state index contributed by atoms with van der Waals surface area (Å²) in [5.74, 6) is -14.5. The Morgan fingerprint density at radius 2 is 1.63 bits per heavy atom.